The largest absolute Gasteiger partial charge is 0.346 e. The number of rotatable bonds is 8. The zero-order valence-electron chi connectivity index (χ0n) is 18.7. The molecule has 1 atom stereocenters. The normalized spacial score (nSPS) is 12.4. The maximum absolute atomic E-state index is 13.9. The lowest BCUT2D eigenvalue weighted by atomic mass is 10.0. The number of hydrogen-bond donors (Lipinski definition) is 2. The summed E-state index contributed by atoms with van der Waals surface area (Å²) in [7, 11) is 4.04. The molecule has 3 rings (SSSR count). The Kier molecular flexibility index (Phi) is 7.25. The maximum atomic E-state index is 13.9. The summed E-state index contributed by atoms with van der Waals surface area (Å²) in [6, 6.07) is 9.77. The predicted octanol–water partition coefficient (Wildman–Crippen LogP) is 3.87. The number of nitrogens with zero attached hydrogens (tertiary/aromatic N) is 2. The molecule has 0 aliphatic heterocycles. The molecule has 0 fully saturated rings. The first-order chi connectivity index (χ1) is 15.2. The van der Waals surface area contributed by atoms with E-state index < -0.39 is 35.1 Å². The number of carbonyl (C=O) groups excluding carboxylic acids is 2. The Hall–Kier alpha value is -3.26. The van der Waals surface area contributed by atoms with Crippen LogP contribution in [0.15, 0.2) is 48.7 Å². The Bertz CT molecular complexity index is 1100. The second kappa shape index (κ2) is 9.91. The van der Waals surface area contributed by atoms with Crippen LogP contribution in [0.4, 0.5) is 14.5 Å². The Labute approximate surface area is 186 Å². The molecule has 0 saturated heterocycles. The third-order valence-corrected chi connectivity index (χ3v) is 5.25. The van der Waals surface area contributed by atoms with Crippen LogP contribution in [0, 0.1) is 17.6 Å². The van der Waals surface area contributed by atoms with Crippen LogP contribution in [0.25, 0.3) is 10.9 Å². The van der Waals surface area contributed by atoms with Crippen LogP contribution in [0.5, 0.6) is 0 Å². The van der Waals surface area contributed by atoms with E-state index in [0.717, 1.165) is 36.1 Å². The molecule has 2 aromatic carbocycles. The zero-order chi connectivity index (χ0) is 23.4. The van der Waals surface area contributed by atoms with E-state index in [1.54, 1.807) is 19.9 Å². The molecule has 1 unspecified atom stereocenters. The molecule has 0 bridgehead atoms. The van der Waals surface area contributed by atoms with Crippen molar-refractivity contribution in [3.05, 3.63) is 65.9 Å². The third kappa shape index (κ3) is 5.31. The smallest absolute Gasteiger partial charge is 0.257 e. The fourth-order valence-corrected chi connectivity index (χ4v) is 3.46. The van der Waals surface area contributed by atoms with Gasteiger partial charge in [-0.05, 0) is 56.4 Å². The first-order valence-corrected chi connectivity index (χ1v) is 10.5. The van der Waals surface area contributed by atoms with Gasteiger partial charge in [0.2, 0.25) is 5.91 Å². The van der Waals surface area contributed by atoms with Crippen molar-refractivity contribution >= 4 is 28.4 Å². The second-order valence-corrected chi connectivity index (χ2v) is 8.37. The van der Waals surface area contributed by atoms with Crippen LogP contribution < -0.4 is 10.6 Å². The van der Waals surface area contributed by atoms with Crippen LogP contribution in [0.1, 0.15) is 24.2 Å². The highest BCUT2D eigenvalue weighted by Gasteiger charge is 2.27. The predicted molar refractivity (Wildman–Crippen MR) is 122 cm³/mol. The highest BCUT2D eigenvalue weighted by Crippen LogP contribution is 2.21. The Balaban J connectivity index is 1.74. The number of amides is 2. The average Bonchev–Trinajstić information content (AvgIpc) is 3.12. The van der Waals surface area contributed by atoms with Crippen LogP contribution in [0.2, 0.25) is 0 Å². The van der Waals surface area contributed by atoms with Crippen LogP contribution >= 0.6 is 0 Å². The average molecular weight is 443 g/mol. The van der Waals surface area contributed by atoms with Crippen LogP contribution in [-0.2, 0) is 11.3 Å². The molecule has 0 spiro atoms. The highest BCUT2D eigenvalue weighted by atomic mass is 19.1. The lowest BCUT2D eigenvalue weighted by Gasteiger charge is -2.22. The number of hydrogen-bond acceptors (Lipinski definition) is 3. The molecule has 1 aromatic heterocycles. The van der Waals surface area contributed by atoms with Crippen molar-refractivity contribution in [2.45, 2.75) is 26.4 Å². The van der Waals surface area contributed by atoms with Gasteiger partial charge in [0, 0.05) is 35.9 Å². The van der Waals surface area contributed by atoms with Gasteiger partial charge in [0.15, 0.2) is 0 Å². The van der Waals surface area contributed by atoms with Crippen molar-refractivity contribution in [3.63, 3.8) is 0 Å². The molecule has 1 heterocycles. The minimum absolute atomic E-state index is 0.301. The quantitative estimate of drug-likeness (QED) is 0.557. The summed E-state index contributed by atoms with van der Waals surface area (Å²) in [5, 5.41) is 6.24. The number of likely N-dealkylation sites (N-methyl/N-ethyl adjacent to an activating group) is 1. The summed E-state index contributed by atoms with van der Waals surface area (Å²) in [5.41, 5.74) is 0.921. The van der Waals surface area contributed by atoms with Gasteiger partial charge in [-0.3, -0.25) is 9.59 Å². The minimum atomic E-state index is -0.977. The van der Waals surface area contributed by atoms with Gasteiger partial charge in [-0.1, -0.05) is 19.9 Å². The van der Waals surface area contributed by atoms with E-state index in [2.05, 4.69) is 20.1 Å². The van der Waals surface area contributed by atoms with Crippen molar-refractivity contribution in [2.24, 2.45) is 5.92 Å². The van der Waals surface area contributed by atoms with Crippen LogP contribution in [-0.4, -0.2) is 48.0 Å². The fraction of sp³-hybridized carbons (Fsp3) is 0.333. The molecular formula is C24H28F2N4O2. The zero-order valence-corrected chi connectivity index (χ0v) is 18.7. The molecule has 0 aliphatic rings. The standard InChI is InChI=1S/C24H28F2N4O2/c1-15(2)22(28-23(31)21-18(25)6-5-7-19(21)26)24(32)27-17-8-9-20-16(14-17)10-11-30(20)13-12-29(3)4/h5-11,14-15,22H,12-13H2,1-4H3,(H,27,32)(H,28,31). The van der Waals surface area contributed by atoms with E-state index in [1.807, 2.05) is 38.5 Å². The second-order valence-electron chi connectivity index (χ2n) is 8.37. The number of halogens is 2. The van der Waals surface area contributed by atoms with Crippen molar-refractivity contribution in [3.8, 4) is 0 Å². The van der Waals surface area contributed by atoms with E-state index in [-0.39, 0.29) is 5.92 Å². The van der Waals surface area contributed by atoms with Crippen molar-refractivity contribution in [1.82, 2.24) is 14.8 Å². The molecule has 0 aliphatic carbocycles. The maximum Gasteiger partial charge on any atom is 0.257 e. The lowest BCUT2D eigenvalue weighted by Crippen LogP contribution is -2.47. The number of aromatic nitrogens is 1. The summed E-state index contributed by atoms with van der Waals surface area (Å²) in [4.78, 5) is 27.5. The summed E-state index contributed by atoms with van der Waals surface area (Å²) in [6.07, 6.45) is 2.00. The molecular weight excluding hydrogens is 414 g/mol. The fourth-order valence-electron chi connectivity index (χ4n) is 3.46. The van der Waals surface area contributed by atoms with Gasteiger partial charge >= 0.3 is 0 Å². The van der Waals surface area contributed by atoms with Crippen molar-refractivity contribution < 1.29 is 18.4 Å². The van der Waals surface area contributed by atoms with Gasteiger partial charge in [-0.2, -0.15) is 0 Å². The summed E-state index contributed by atoms with van der Waals surface area (Å²) in [5.74, 6) is -3.69. The molecule has 6 nitrogen and oxygen atoms in total. The summed E-state index contributed by atoms with van der Waals surface area (Å²) in [6.45, 7) is 5.24. The molecule has 3 aromatic rings. The summed E-state index contributed by atoms with van der Waals surface area (Å²) >= 11 is 0. The molecule has 2 amide bonds. The molecule has 170 valence electrons. The van der Waals surface area contributed by atoms with E-state index in [0.29, 0.717) is 5.69 Å². The number of anilines is 1. The third-order valence-electron chi connectivity index (χ3n) is 5.25. The first-order valence-electron chi connectivity index (χ1n) is 10.5. The topological polar surface area (TPSA) is 66.4 Å². The number of carbonyl (C=O) groups is 2. The van der Waals surface area contributed by atoms with E-state index in [9.17, 15) is 18.4 Å². The lowest BCUT2D eigenvalue weighted by molar-refractivity contribution is -0.118. The van der Waals surface area contributed by atoms with Gasteiger partial charge in [-0.25, -0.2) is 8.78 Å². The Morgan fingerprint density at radius 3 is 2.38 bits per heavy atom. The van der Waals surface area contributed by atoms with Crippen molar-refractivity contribution in [1.29, 1.82) is 0 Å². The van der Waals surface area contributed by atoms with E-state index in [1.165, 1.54) is 6.07 Å². The molecule has 0 radical (unpaired) electrons. The molecule has 32 heavy (non-hydrogen) atoms. The monoisotopic (exact) mass is 442 g/mol. The Morgan fingerprint density at radius 2 is 1.75 bits per heavy atom. The van der Waals surface area contributed by atoms with Gasteiger partial charge < -0.3 is 20.1 Å². The van der Waals surface area contributed by atoms with E-state index in [4.69, 9.17) is 0 Å². The SMILES string of the molecule is CC(C)C(NC(=O)c1c(F)cccc1F)C(=O)Nc1ccc2c(ccn2CCN(C)C)c1. The van der Waals surface area contributed by atoms with Gasteiger partial charge in [0.25, 0.3) is 5.91 Å². The van der Waals surface area contributed by atoms with Gasteiger partial charge in [-0.15, -0.1) is 0 Å². The molecule has 2 N–H and O–H groups in total. The molecule has 8 heteroatoms. The van der Waals surface area contributed by atoms with Gasteiger partial charge in [0.1, 0.15) is 23.2 Å². The first kappa shape index (κ1) is 23.4. The summed E-state index contributed by atoms with van der Waals surface area (Å²) < 4.78 is 30.0. The van der Waals surface area contributed by atoms with Crippen molar-refractivity contribution in [2.75, 3.05) is 26.0 Å². The number of nitrogens with one attached hydrogen (secondary N) is 2. The number of benzene rings is 2. The van der Waals surface area contributed by atoms with Crippen LogP contribution in [0.3, 0.4) is 0 Å². The Morgan fingerprint density at radius 1 is 1.06 bits per heavy atom. The molecule has 0 saturated carbocycles. The van der Waals surface area contributed by atoms with E-state index >= 15 is 0 Å². The minimum Gasteiger partial charge on any atom is -0.346 e. The van der Waals surface area contributed by atoms with Gasteiger partial charge in [0.05, 0.1) is 0 Å². The number of fused-ring (bicyclic) bond motifs is 1. The highest BCUT2D eigenvalue weighted by molar-refractivity contribution is 6.02.